The van der Waals surface area contributed by atoms with Crippen molar-refractivity contribution < 1.29 is 0 Å². The fraction of sp³-hybridized carbons (Fsp3) is 0.0625. The summed E-state index contributed by atoms with van der Waals surface area (Å²) in [5, 5.41) is 14.9. The zero-order valence-corrected chi connectivity index (χ0v) is 12.7. The zero-order chi connectivity index (χ0) is 15.4. The summed E-state index contributed by atoms with van der Waals surface area (Å²) in [6.45, 7) is 1.93. The highest BCUT2D eigenvalue weighted by molar-refractivity contribution is 6.31. The molecule has 0 unspecified atom stereocenters. The third-order valence-corrected chi connectivity index (χ3v) is 3.53. The molecule has 5 nitrogen and oxygen atoms in total. The van der Waals surface area contributed by atoms with Gasteiger partial charge in [-0.1, -0.05) is 35.9 Å². The number of anilines is 4. The molecule has 0 amide bonds. The van der Waals surface area contributed by atoms with Crippen LogP contribution in [0.25, 0.3) is 0 Å². The van der Waals surface area contributed by atoms with Crippen molar-refractivity contribution >= 4 is 34.7 Å². The first-order valence-corrected chi connectivity index (χ1v) is 7.14. The Labute approximate surface area is 133 Å². The molecular weight excluding hydrogens is 298 g/mol. The van der Waals surface area contributed by atoms with E-state index in [0.717, 1.165) is 16.9 Å². The third kappa shape index (κ3) is 3.32. The van der Waals surface area contributed by atoms with Crippen molar-refractivity contribution in [2.45, 2.75) is 6.92 Å². The molecule has 0 bridgehead atoms. The van der Waals surface area contributed by atoms with Gasteiger partial charge in [0.25, 0.3) is 0 Å². The molecule has 110 valence electrons. The molecule has 0 saturated heterocycles. The number of hydrogen-bond donors (Lipinski definition) is 2. The highest BCUT2D eigenvalue weighted by Gasteiger charge is 2.05. The van der Waals surface area contributed by atoms with Crippen molar-refractivity contribution in [3.05, 3.63) is 65.3 Å². The standard InChI is InChI=1S/C16H14ClN5/c1-11-13(17)8-5-9-14(11)20-16-21-15(10-18-22-16)19-12-6-3-2-4-7-12/h2-10H,1H3,(H2,19,20,21,22). The summed E-state index contributed by atoms with van der Waals surface area (Å²) in [4.78, 5) is 4.40. The molecule has 0 spiro atoms. The van der Waals surface area contributed by atoms with Crippen LogP contribution in [0.2, 0.25) is 5.02 Å². The van der Waals surface area contributed by atoms with E-state index in [9.17, 15) is 0 Å². The van der Waals surface area contributed by atoms with Gasteiger partial charge < -0.3 is 10.6 Å². The van der Waals surface area contributed by atoms with E-state index >= 15 is 0 Å². The molecule has 3 aromatic rings. The largest absolute Gasteiger partial charge is 0.339 e. The lowest BCUT2D eigenvalue weighted by atomic mass is 10.2. The van der Waals surface area contributed by atoms with Gasteiger partial charge in [-0.3, -0.25) is 0 Å². The van der Waals surface area contributed by atoms with Crippen LogP contribution >= 0.6 is 11.6 Å². The van der Waals surface area contributed by atoms with Crippen LogP contribution in [0.4, 0.5) is 23.1 Å². The molecule has 3 rings (SSSR count). The van der Waals surface area contributed by atoms with Crippen LogP contribution in [0, 0.1) is 6.92 Å². The number of halogens is 1. The van der Waals surface area contributed by atoms with Gasteiger partial charge in [0.1, 0.15) is 0 Å². The van der Waals surface area contributed by atoms with E-state index in [1.165, 1.54) is 0 Å². The second-order valence-electron chi connectivity index (χ2n) is 4.69. The molecule has 2 aromatic carbocycles. The van der Waals surface area contributed by atoms with Gasteiger partial charge in [-0.15, -0.1) is 5.10 Å². The lowest BCUT2D eigenvalue weighted by Crippen LogP contribution is -2.03. The number of aromatic nitrogens is 3. The first-order chi connectivity index (χ1) is 10.7. The van der Waals surface area contributed by atoms with Gasteiger partial charge in [-0.2, -0.15) is 10.1 Å². The molecule has 0 radical (unpaired) electrons. The normalized spacial score (nSPS) is 10.3. The van der Waals surface area contributed by atoms with E-state index in [1.807, 2.05) is 55.5 Å². The first kappa shape index (κ1) is 14.3. The van der Waals surface area contributed by atoms with Gasteiger partial charge in [0.2, 0.25) is 5.95 Å². The van der Waals surface area contributed by atoms with Gasteiger partial charge in [0.15, 0.2) is 5.82 Å². The summed E-state index contributed by atoms with van der Waals surface area (Å²) < 4.78 is 0. The van der Waals surface area contributed by atoms with Crippen LogP contribution in [0.1, 0.15) is 5.56 Å². The van der Waals surface area contributed by atoms with Gasteiger partial charge in [0.05, 0.1) is 6.20 Å². The number of nitrogens with one attached hydrogen (secondary N) is 2. The summed E-state index contributed by atoms with van der Waals surface area (Å²) >= 11 is 6.11. The molecule has 0 aliphatic rings. The van der Waals surface area contributed by atoms with E-state index in [-0.39, 0.29) is 0 Å². The Kier molecular flexibility index (Phi) is 4.16. The van der Waals surface area contributed by atoms with Crippen molar-refractivity contribution in [1.29, 1.82) is 0 Å². The Morgan fingerprint density at radius 3 is 2.59 bits per heavy atom. The third-order valence-electron chi connectivity index (χ3n) is 3.12. The van der Waals surface area contributed by atoms with E-state index in [2.05, 4.69) is 25.8 Å². The van der Waals surface area contributed by atoms with Crippen LogP contribution < -0.4 is 10.6 Å². The van der Waals surface area contributed by atoms with Crippen LogP contribution in [0.5, 0.6) is 0 Å². The van der Waals surface area contributed by atoms with E-state index in [0.29, 0.717) is 16.8 Å². The SMILES string of the molecule is Cc1c(Cl)cccc1Nc1nncc(Nc2ccccc2)n1. The molecule has 6 heteroatoms. The summed E-state index contributed by atoms with van der Waals surface area (Å²) in [5.74, 6) is 1.02. The zero-order valence-electron chi connectivity index (χ0n) is 11.9. The van der Waals surface area contributed by atoms with Crippen LogP contribution in [-0.2, 0) is 0 Å². The van der Waals surface area contributed by atoms with Gasteiger partial charge in [-0.05, 0) is 36.8 Å². The highest BCUT2D eigenvalue weighted by atomic mass is 35.5. The predicted molar refractivity (Wildman–Crippen MR) is 89.0 cm³/mol. The smallest absolute Gasteiger partial charge is 0.249 e. The molecule has 0 saturated carbocycles. The number of hydrogen-bond acceptors (Lipinski definition) is 5. The molecule has 0 aliphatic heterocycles. The van der Waals surface area contributed by atoms with Gasteiger partial charge in [-0.25, -0.2) is 0 Å². The second-order valence-corrected chi connectivity index (χ2v) is 5.10. The number of rotatable bonds is 4. The molecule has 1 aromatic heterocycles. The Morgan fingerprint density at radius 1 is 0.955 bits per heavy atom. The van der Waals surface area contributed by atoms with E-state index in [4.69, 9.17) is 11.6 Å². The Bertz CT molecular complexity index is 776. The minimum absolute atomic E-state index is 0.409. The molecule has 0 aliphatic carbocycles. The van der Waals surface area contributed by atoms with E-state index in [1.54, 1.807) is 6.20 Å². The van der Waals surface area contributed by atoms with Gasteiger partial charge >= 0.3 is 0 Å². The molecule has 1 heterocycles. The highest BCUT2D eigenvalue weighted by Crippen LogP contribution is 2.25. The number of para-hydroxylation sites is 1. The van der Waals surface area contributed by atoms with Crippen LogP contribution in [-0.4, -0.2) is 15.2 Å². The average Bonchev–Trinajstić information content (AvgIpc) is 2.53. The van der Waals surface area contributed by atoms with Crippen LogP contribution in [0.3, 0.4) is 0 Å². The maximum Gasteiger partial charge on any atom is 0.249 e. The van der Waals surface area contributed by atoms with Crippen molar-refractivity contribution in [3.63, 3.8) is 0 Å². The predicted octanol–water partition coefficient (Wildman–Crippen LogP) is 4.32. The van der Waals surface area contributed by atoms with Crippen molar-refractivity contribution in [1.82, 2.24) is 15.2 Å². The summed E-state index contributed by atoms with van der Waals surface area (Å²) in [6, 6.07) is 15.4. The summed E-state index contributed by atoms with van der Waals surface area (Å²) in [6.07, 6.45) is 1.57. The monoisotopic (exact) mass is 311 g/mol. The minimum Gasteiger partial charge on any atom is -0.339 e. The van der Waals surface area contributed by atoms with Crippen molar-refractivity contribution in [2.24, 2.45) is 0 Å². The van der Waals surface area contributed by atoms with Crippen molar-refractivity contribution in [3.8, 4) is 0 Å². The molecule has 0 atom stereocenters. The maximum absolute atomic E-state index is 6.11. The lowest BCUT2D eigenvalue weighted by Gasteiger charge is -2.10. The quantitative estimate of drug-likeness (QED) is 0.751. The minimum atomic E-state index is 0.409. The van der Waals surface area contributed by atoms with Gasteiger partial charge in [0, 0.05) is 16.4 Å². The second kappa shape index (κ2) is 6.41. The van der Waals surface area contributed by atoms with Crippen LogP contribution in [0.15, 0.2) is 54.7 Å². The topological polar surface area (TPSA) is 62.7 Å². The molecule has 22 heavy (non-hydrogen) atoms. The Hall–Kier alpha value is -2.66. The molecule has 2 N–H and O–H groups in total. The molecular formula is C16H14ClN5. The van der Waals surface area contributed by atoms with Crippen molar-refractivity contribution in [2.75, 3.05) is 10.6 Å². The van der Waals surface area contributed by atoms with E-state index < -0.39 is 0 Å². The molecule has 0 fully saturated rings. The summed E-state index contributed by atoms with van der Waals surface area (Å²) in [5.41, 5.74) is 2.73. The number of nitrogens with zero attached hydrogens (tertiary/aromatic N) is 3. The first-order valence-electron chi connectivity index (χ1n) is 6.76. The fourth-order valence-corrected chi connectivity index (χ4v) is 2.12. The Balaban J connectivity index is 1.81. The fourth-order valence-electron chi connectivity index (χ4n) is 1.95. The lowest BCUT2D eigenvalue weighted by molar-refractivity contribution is 0.982. The summed E-state index contributed by atoms with van der Waals surface area (Å²) in [7, 11) is 0. The Morgan fingerprint density at radius 2 is 1.77 bits per heavy atom. The maximum atomic E-state index is 6.11. The average molecular weight is 312 g/mol. The number of benzene rings is 2.